The molecule has 6 nitrogen and oxygen atoms in total. The van der Waals surface area contributed by atoms with Crippen molar-refractivity contribution < 1.29 is 9.21 Å². The topological polar surface area (TPSA) is 70.4 Å². The van der Waals surface area contributed by atoms with E-state index in [9.17, 15) is 4.79 Å². The summed E-state index contributed by atoms with van der Waals surface area (Å²) in [5, 5.41) is 6.26. The van der Waals surface area contributed by atoms with Crippen LogP contribution in [0.2, 0.25) is 0 Å². The van der Waals surface area contributed by atoms with Crippen molar-refractivity contribution in [3.63, 3.8) is 0 Å². The van der Waals surface area contributed by atoms with Crippen LogP contribution in [0.4, 0.5) is 10.8 Å². The van der Waals surface area contributed by atoms with Crippen molar-refractivity contribution in [3.8, 4) is 0 Å². The number of carbonyl (C=O) groups is 1. The number of aryl methyl sites for hydroxylation is 1. The molecule has 2 aromatic rings. The highest BCUT2D eigenvalue weighted by Gasteiger charge is 2.45. The maximum atomic E-state index is 11.8. The summed E-state index contributed by atoms with van der Waals surface area (Å²) in [7, 11) is 3.47. The van der Waals surface area contributed by atoms with Gasteiger partial charge in [0.05, 0.1) is 0 Å². The minimum Gasteiger partial charge on any atom is -0.423 e. The molecule has 2 aliphatic carbocycles. The molecule has 2 N–H and O–H groups in total. The Balaban J connectivity index is 1.53. The van der Waals surface area contributed by atoms with Gasteiger partial charge in [-0.3, -0.25) is 0 Å². The van der Waals surface area contributed by atoms with Crippen LogP contribution in [-0.4, -0.2) is 30.0 Å². The maximum absolute atomic E-state index is 11.8. The first-order chi connectivity index (χ1) is 11.5. The van der Waals surface area contributed by atoms with Crippen LogP contribution in [-0.2, 0) is 0 Å². The van der Waals surface area contributed by atoms with Crippen molar-refractivity contribution in [2.45, 2.75) is 13.3 Å². The lowest BCUT2D eigenvalue weighted by atomic mass is 10.1. The minimum absolute atomic E-state index is 0.0915. The van der Waals surface area contributed by atoms with Gasteiger partial charge in [-0.05, 0) is 37.1 Å². The van der Waals surface area contributed by atoms with E-state index >= 15 is 0 Å². The largest absolute Gasteiger partial charge is 0.423 e. The fraction of sp³-hybridized carbons (Fsp3) is 0.333. The first-order valence-corrected chi connectivity index (χ1v) is 8.06. The molecular weight excluding hydrogens is 304 g/mol. The predicted molar refractivity (Wildman–Crippen MR) is 92.4 cm³/mol. The second-order valence-electron chi connectivity index (χ2n) is 6.58. The molecule has 1 fully saturated rings. The number of allylic oxidation sites excluding steroid dienone is 4. The second kappa shape index (κ2) is 5.40. The average Bonchev–Trinajstić information content (AvgIpc) is 3.24. The summed E-state index contributed by atoms with van der Waals surface area (Å²) in [5.74, 6) is 0.760. The number of nitrogens with one attached hydrogen (secondary N) is 2. The number of urea groups is 1. The molecule has 0 aliphatic heterocycles. The highest BCUT2D eigenvalue weighted by Crippen LogP contribution is 2.50. The number of rotatable bonds is 3. The van der Waals surface area contributed by atoms with E-state index in [0.29, 0.717) is 17.9 Å². The summed E-state index contributed by atoms with van der Waals surface area (Å²) in [4.78, 5) is 17.9. The molecule has 2 amide bonds. The molecule has 24 heavy (non-hydrogen) atoms. The first-order valence-electron chi connectivity index (χ1n) is 8.06. The lowest BCUT2D eigenvalue weighted by molar-refractivity contribution is 0.219. The highest BCUT2D eigenvalue weighted by molar-refractivity contribution is 5.78. The normalized spacial score (nSPS) is 21.6. The predicted octanol–water partition coefficient (Wildman–Crippen LogP) is 3.24. The Morgan fingerprint density at radius 1 is 1.25 bits per heavy atom. The monoisotopic (exact) mass is 324 g/mol. The Labute approximate surface area is 140 Å². The second-order valence-corrected chi connectivity index (χ2v) is 6.58. The Morgan fingerprint density at radius 3 is 2.75 bits per heavy atom. The molecule has 1 aromatic carbocycles. The van der Waals surface area contributed by atoms with Gasteiger partial charge in [-0.1, -0.05) is 12.1 Å². The number of carbonyl (C=O) groups excluding carboxylic acids is 1. The summed E-state index contributed by atoms with van der Waals surface area (Å²) in [6.07, 6.45) is 4.99. The van der Waals surface area contributed by atoms with E-state index in [0.717, 1.165) is 34.5 Å². The van der Waals surface area contributed by atoms with Crippen molar-refractivity contribution in [1.29, 1.82) is 0 Å². The number of para-hydroxylation sites is 1. The summed E-state index contributed by atoms with van der Waals surface area (Å²) >= 11 is 0. The molecule has 0 saturated heterocycles. The van der Waals surface area contributed by atoms with Crippen molar-refractivity contribution in [3.05, 3.63) is 47.3 Å². The SMILES string of the molecule is Cc1cccc2oc(NC3=CC=C(NC(=O)N(C)C)C4CC34)nc12. The molecule has 2 unspecified atom stereocenters. The molecule has 0 radical (unpaired) electrons. The molecule has 124 valence electrons. The first kappa shape index (κ1) is 14.8. The van der Waals surface area contributed by atoms with Gasteiger partial charge in [0.1, 0.15) is 5.52 Å². The van der Waals surface area contributed by atoms with E-state index in [4.69, 9.17) is 4.42 Å². The summed E-state index contributed by atoms with van der Waals surface area (Å²) in [6, 6.07) is 6.33. The average molecular weight is 324 g/mol. The van der Waals surface area contributed by atoms with Crippen LogP contribution in [0.25, 0.3) is 11.1 Å². The van der Waals surface area contributed by atoms with Crippen LogP contribution >= 0.6 is 0 Å². The van der Waals surface area contributed by atoms with Gasteiger partial charge in [-0.2, -0.15) is 4.98 Å². The number of amides is 2. The third-order valence-corrected chi connectivity index (χ3v) is 4.56. The van der Waals surface area contributed by atoms with Gasteiger partial charge >= 0.3 is 6.03 Å². The van der Waals surface area contributed by atoms with E-state index in [1.165, 1.54) is 4.90 Å². The molecule has 2 aliphatic rings. The van der Waals surface area contributed by atoms with Crippen LogP contribution in [0.5, 0.6) is 0 Å². The molecule has 1 aromatic heterocycles. The fourth-order valence-corrected chi connectivity index (χ4v) is 3.08. The molecule has 4 rings (SSSR count). The van der Waals surface area contributed by atoms with Gasteiger partial charge in [-0.15, -0.1) is 0 Å². The van der Waals surface area contributed by atoms with E-state index in [-0.39, 0.29) is 6.03 Å². The Hall–Kier alpha value is -2.76. The maximum Gasteiger partial charge on any atom is 0.321 e. The summed E-state index contributed by atoms with van der Waals surface area (Å²) in [5.41, 5.74) is 4.85. The third-order valence-electron chi connectivity index (χ3n) is 4.56. The number of hydrogen-bond donors (Lipinski definition) is 2. The lowest BCUT2D eigenvalue weighted by Gasteiger charge is -2.17. The number of nitrogens with zero attached hydrogens (tertiary/aromatic N) is 2. The zero-order chi connectivity index (χ0) is 16.8. The molecule has 0 bridgehead atoms. The Bertz CT molecular complexity index is 878. The minimum atomic E-state index is -0.0915. The number of anilines is 1. The third kappa shape index (κ3) is 2.54. The van der Waals surface area contributed by atoms with Crippen molar-refractivity contribution >= 4 is 23.1 Å². The van der Waals surface area contributed by atoms with Gasteiger partial charge in [0.25, 0.3) is 6.01 Å². The number of hydrogen-bond acceptors (Lipinski definition) is 4. The van der Waals surface area contributed by atoms with Gasteiger partial charge < -0.3 is 20.0 Å². The molecule has 0 spiro atoms. The Morgan fingerprint density at radius 2 is 2.00 bits per heavy atom. The van der Waals surface area contributed by atoms with Crippen LogP contribution in [0.3, 0.4) is 0 Å². The standard InChI is InChI=1S/C18H20N4O2/c1-10-5-4-6-15-16(10)21-17(24-15)19-13-7-8-14(12-9-11(12)13)20-18(23)22(2)3/h4-8,11-12H,9H2,1-3H3,(H,19,21)(H,20,23). The van der Waals surface area contributed by atoms with Crippen LogP contribution < -0.4 is 10.6 Å². The molecule has 1 heterocycles. The highest BCUT2D eigenvalue weighted by atomic mass is 16.4. The van der Waals surface area contributed by atoms with Crippen molar-refractivity contribution in [1.82, 2.24) is 15.2 Å². The Kier molecular flexibility index (Phi) is 3.33. The molecule has 1 saturated carbocycles. The molecular formula is C18H20N4O2. The van der Waals surface area contributed by atoms with Crippen molar-refractivity contribution in [2.24, 2.45) is 11.8 Å². The summed E-state index contributed by atoms with van der Waals surface area (Å²) in [6.45, 7) is 2.02. The van der Waals surface area contributed by atoms with Crippen LogP contribution in [0, 0.1) is 18.8 Å². The zero-order valence-corrected chi connectivity index (χ0v) is 14.0. The zero-order valence-electron chi connectivity index (χ0n) is 14.0. The van der Waals surface area contributed by atoms with E-state index < -0.39 is 0 Å². The van der Waals surface area contributed by atoms with Gasteiger partial charge in [0.15, 0.2) is 5.58 Å². The number of fused-ring (bicyclic) bond motifs is 2. The fourth-order valence-electron chi connectivity index (χ4n) is 3.08. The van der Waals surface area contributed by atoms with Crippen LogP contribution in [0.1, 0.15) is 12.0 Å². The smallest absolute Gasteiger partial charge is 0.321 e. The molecule has 2 atom stereocenters. The number of benzene rings is 1. The van der Waals surface area contributed by atoms with E-state index in [2.05, 4.69) is 15.6 Å². The quantitative estimate of drug-likeness (QED) is 0.909. The van der Waals surface area contributed by atoms with Gasteiger partial charge in [-0.25, -0.2) is 4.79 Å². The van der Waals surface area contributed by atoms with Crippen molar-refractivity contribution in [2.75, 3.05) is 19.4 Å². The van der Waals surface area contributed by atoms with E-state index in [1.54, 1.807) is 14.1 Å². The number of aromatic nitrogens is 1. The summed E-state index contributed by atoms with van der Waals surface area (Å²) < 4.78 is 5.78. The molecule has 6 heteroatoms. The van der Waals surface area contributed by atoms with Gasteiger partial charge in [0.2, 0.25) is 0 Å². The van der Waals surface area contributed by atoms with Gasteiger partial charge in [0, 0.05) is 37.3 Å². The number of oxazole rings is 1. The lowest BCUT2D eigenvalue weighted by Crippen LogP contribution is -2.35. The van der Waals surface area contributed by atoms with Crippen LogP contribution in [0.15, 0.2) is 46.2 Å². The van der Waals surface area contributed by atoms with E-state index in [1.807, 2.05) is 37.3 Å².